The summed E-state index contributed by atoms with van der Waals surface area (Å²) in [5.74, 6) is 0. The van der Waals surface area contributed by atoms with Gasteiger partial charge in [0.25, 0.3) is 0 Å². The third-order valence-electron chi connectivity index (χ3n) is 4.97. The van der Waals surface area contributed by atoms with E-state index in [1.54, 1.807) is 24.0 Å². The first-order valence-electron chi connectivity index (χ1n) is 8.72. The zero-order valence-electron chi connectivity index (χ0n) is 14.8. The smallest absolute Gasteiger partial charge is 0.373 e. The van der Waals surface area contributed by atoms with Gasteiger partial charge >= 0.3 is 6.18 Å². The number of rotatable bonds is 4. The van der Waals surface area contributed by atoms with Crippen LogP contribution in [-0.2, 0) is 10.9 Å². The number of aromatic nitrogens is 1. The minimum atomic E-state index is -4.32. The van der Waals surface area contributed by atoms with Crippen LogP contribution in [0, 0.1) is 6.92 Å². The van der Waals surface area contributed by atoms with E-state index in [1.807, 2.05) is 19.1 Å². The van der Waals surface area contributed by atoms with Crippen LogP contribution in [-0.4, -0.2) is 16.3 Å². The molecule has 2 nitrogen and oxygen atoms in total. The van der Waals surface area contributed by atoms with Gasteiger partial charge in [-0.25, -0.2) is 0 Å². The largest absolute Gasteiger partial charge is 0.416 e. The van der Waals surface area contributed by atoms with Crippen LogP contribution in [0.5, 0.6) is 0 Å². The topological polar surface area (TPSA) is 22.1 Å². The van der Waals surface area contributed by atoms with Crippen molar-refractivity contribution in [3.8, 4) is 0 Å². The van der Waals surface area contributed by atoms with E-state index in [2.05, 4.69) is 11.9 Å². The molecule has 26 heavy (non-hydrogen) atoms. The molecule has 6 heteroatoms. The first kappa shape index (κ1) is 19.2. The Labute approximate surface area is 156 Å². The first-order chi connectivity index (χ1) is 12.3. The average molecular weight is 381 g/mol. The van der Waals surface area contributed by atoms with E-state index < -0.39 is 11.7 Å². The quantitative estimate of drug-likeness (QED) is 0.629. The lowest BCUT2D eigenvalue weighted by atomic mass is 9.88. The van der Waals surface area contributed by atoms with Crippen LogP contribution < -0.4 is 0 Å². The minimum Gasteiger partial charge on any atom is -0.373 e. The highest BCUT2D eigenvalue weighted by molar-refractivity contribution is 8.00. The van der Waals surface area contributed by atoms with Crippen LogP contribution in [0.3, 0.4) is 0 Å². The normalized spacial score (nSPS) is 23.8. The predicted octanol–water partition coefficient (Wildman–Crippen LogP) is 6.20. The monoisotopic (exact) mass is 381 g/mol. The lowest BCUT2D eigenvalue weighted by Gasteiger charge is -2.40. The molecule has 0 saturated carbocycles. The maximum Gasteiger partial charge on any atom is 0.416 e. The van der Waals surface area contributed by atoms with Gasteiger partial charge in [-0.1, -0.05) is 19.1 Å². The molecule has 2 aromatic rings. The summed E-state index contributed by atoms with van der Waals surface area (Å²) in [4.78, 5) is 5.00. The lowest BCUT2D eigenvalue weighted by molar-refractivity contribution is -0.137. The molecule has 0 aliphatic carbocycles. The van der Waals surface area contributed by atoms with Crippen LogP contribution in [0.1, 0.15) is 49.1 Å². The van der Waals surface area contributed by atoms with Gasteiger partial charge < -0.3 is 4.74 Å². The third kappa shape index (κ3) is 4.23. The Balaban J connectivity index is 1.84. The lowest BCUT2D eigenvalue weighted by Crippen LogP contribution is -2.34. The van der Waals surface area contributed by atoms with Gasteiger partial charge in [0.1, 0.15) is 0 Å². The molecule has 2 heterocycles. The predicted molar refractivity (Wildman–Crippen MR) is 97.2 cm³/mol. The maximum absolute atomic E-state index is 13.0. The Hall–Kier alpha value is -1.53. The van der Waals surface area contributed by atoms with Crippen LogP contribution >= 0.6 is 11.8 Å². The molecule has 1 aliphatic rings. The second-order valence-electron chi connectivity index (χ2n) is 6.66. The molecule has 0 N–H and O–H groups in total. The zero-order chi connectivity index (χ0) is 18.8. The fraction of sp³-hybridized carbons (Fsp3) is 0.450. The van der Waals surface area contributed by atoms with E-state index in [9.17, 15) is 13.2 Å². The standard InChI is InChI=1S/C20H22F3NOS/c1-3-19(26-16-7-4-6-15(12-16)20(21,22)23)9-11-25-18(13-19)17-8-5-10-24-14(17)2/h4-8,10,12,18H,3,9,11,13H2,1-2H3. The molecule has 140 valence electrons. The van der Waals surface area contributed by atoms with Crippen molar-refractivity contribution in [1.29, 1.82) is 0 Å². The Bertz CT molecular complexity index is 765. The van der Waals surface area contributed by atoms with Crippen molar-refractivity contribution >= 4 is 11.8 Å². The molecule has 1 fully saturated rings. The van der Waals surface area contributed by atoms with E-state index in [-0.39, 0.29) is 10.9 Å². The number of alkyl halides is 3. The van der Waals surface area contributed by atoms with Crippen molar-refractivity contribution < 1.29 is 17.9 Å². The van der Waals surface area contributed by atoms with Gasteiger partial charge in [-0.2, -0.15) is 13.2 Å². The molecule has 1 saturated heterocycles. The molecular formula is C20H22F3NOS. The van der Waals surface area contributed by atoms with E-state index in [4.69, 9.17) is 4.74 Å². The molecule has 0 radical (unpaired) electrons. The number of aryl methyl sites for hydroxylation is 1. The molecule has 0 bridgehead atoms. The van der Waals surface area contributed by atoms with Crippen LogP contribution in [0.25, 0.3) is 0 Å². The number of thioether (sulfide) groups is 1. The zero-order valence-corrected chi connectivity index (χ0v) is 15.7. The van der Waals surface area contributed by atoms with Gasteiger partial charge in [0, 0.05) is 33.7 Å². The number of pyridine rings is 1. The van der Waals surface area contributed by atoms with Crippen molar-refractivity contribution in [2.45, 2.75) is 55.0 Å². The summed E-state index contributed by atoms with van der Waals surface area (Å²) in [6.45, 7) is 4.65. The highest BCUT2D eigenvalue weighted by Crippen LogP contribution is 2.49. The molecule has 0 spiro atoms. The second kappa shape index (κ2) is 7.61. The number of halogens is 3. The molecular weight excluding hydrogens is 359 g/mol. The first-order valence-corrected chi connectivity index (χ1v) is 9.54. The summed E-state index contributed by atoms with van der Waals surface area (Å²) in [6.07, 6.45) is -0.187. The highest BCUT2D eigenvalue weighted by Gasteiger charge is 2.38. The van der Waals surface area contributed by atoms with Crippen molar-refractivity contribution in [3.05, 3.63) is 59.4 Å². The number of hydrogen-bond donors (Lipinski definition) is 0. The van der Waals surface area contributed by atoms with Gasteiger partial charge in [0.05, 0.1) is 11.7 Å². The molecule has 2 unspecified atom stereocenters. The van der Waals surface area contributed by atoms with Gasteiger partial charge in [0.2, 0.25) is 0 Å². The van der Waals surface area contributed by atoms with E-state index in [0.717, 1.165) is 36.6 Å². The SMILES string of the molecule is CCC1(Sc2cccc(C(F)(F)F)c2)CCOC(c2cccnc2C)C1. The third-order valence-corrected chi connectivity index (χ3v) is 6.55. The Kier molecular flexibility index (Phi) is 5.63. The highest BCUT2D eigenvalue weighted by atomic mass is 32.2. The Morgan fingerprint density at radius 2 is 2.08 bits per heavy atom. The fourth-order valence-corrected chi connectivity index (χ4v) is 4.79. The second-order valence-corrected chi connectivity index (χ2v) is 8.20. The maximum atomic E-state index is 13.0. The number of hydrogen-bond acceptors (Lipinski definition) is 3. The summed E-state index contributed by atoms with van der Waals surface area (Å²) in [7, 11) is 0. The molecule has 0 amide bonds. The van der Waals surface area contributed by atoms with Crippen LogP contribution in [0.15, 0.2) is 47.5 Å². The Morgan fingerprint density at radius 1 is 1.27 bits per heavy atom. The van der Waals surface area contributed by atoms with Crippen molar-refractivity contribution in [1.82, 2.24) is 4.98 Å². The van der Waals surface area contributed by atoms with E-state index >= 15 is 0 Å². The summed E-state index contributed by atoms with van der Waals surface area (Å²) in [5, 5.41) is 0. The minimum absolute atomic E-state index is 0.0734. The van der Waals surface area contributed by atoms with E-state index in [0.29, 0.717) is 11.5 Å². The van der Waals surface area contributed by atoms with Crippen molar-refractivity contribution in [3.63, 3.8) is 0 Å². The summed E-state index contributed by atoms with van der Waals surface area (Å²) >= 11 is 1.55. The number of nitrogens with zero attached hydrogens (tertiary/aromatic N) is 1. The molecule has 2 atom stereocenters. The summed E-state index contributed by atoms with van der Waals surface area (Å²) < 4.78 is 44.9. The van der Waals surface area contributed by atoms with Crippen molar-refractivity contribution in [2.24, 2.45) is 0 Å². The Morgan fingerprint density at radius 3 is 2.77 bits per heavy atom. The molecule has 3 rings (SSSR count). The molecule has 1 aromatic carbocycles. The number of ether oxygens (including phenoxy) is 1. The van der Waals surface area contributed by atoms with Crippen LogP contribution in [0.4, 0.5) is 13.2 Å². The van der Waals surface area contributed by atoms with Gasteiger partial charge in [-0.05, 0) is 50.5 Å². The van der Waals surface area contributed by atoms with Crippen LogP contribution in [0.2, 0.25) is 0 Å². The molecule has 1 aliphatic heterocycles. The van der Waals surface area contributed by atoms with Crippen molar-refractivity contribution in [2.75, 3.05) is 6.61 Å². The summed E-state index contributed by atoms with van der Waals surface area (Å²) in [5.41, 5.74) is 1.41. The van der Waals surface area contributed by atoms with Gasteiger partial charge in [-0.3, -0.25) is 4.98 Å². The van der Waals surface area contributed by atoms with Gasteiger partial charge in [0.15, 0.2) is 0 Å². The molecule has 1 aromatic heterocycles. The summed E-state index contributed by atoms with van der Waals surface area (Å²) in [6, 6.07) is 9.53. The van der Waals surface area contributed by atoms with E-state index in [1.165, 1.54) is 12.1 Å². The number of benzene rings is 1. The average Bonchev–Trinajstić information content (AvgIpc) is 2.62. The fourth-order valence-electron chi connectivity index (χ4n) is 3.39. The van der Waals surface area contributed by atoms with Gasteiger partial charge in [-0.15, -0.1) is 11.8 Å².